The number of esters is 3. The highest BCUT2D eigenvalue weighted by Gasteiger charge is 2.19. The summed E-state index contributed by atoms with van der Waals surface area (Å²) >= 11 is 0. The number of carbonyl (C=O) groups is 3. The standard InChI is InChI=1S/C75H140O6/c1-4-7-10-13-16-19-22-24-26-28-30-32-34-35-36-37-38-39-41-42-44-46-48-50-53-56-59-62-65-68-74(77)80-71-72(70-79-73(76)67-64-61-58-55-52-21-18-15-12-9-6-3)81-75(78)69-66-63-60-57-54-51-49-47-45-43-40-33-31-29-27-25-23-20-17-14-11-8-5-2/h23,25,29,31,40,43,72H,4-22,24,26-28,30,32-39,41-42,44-71H2,1-3H3/b25-23-,31-29-,43-40-. The van der Waals surface area contributed by atoms with Crippen LogP contribution in [-0.4, -0.2) is 37.2 Å². The second kappa shape index (κ2) is 70.1. The molecule has 0 aliphatic rings. The van der Waals surface area contributed by atoms with Crippen LogP contribution in [0.25, 0.3) is 0 Å². The van der Waals surface area contributed by atoms with E-state index in [9.17, 15) is 14.4 Å². The molecule has 0 N–H and O–H groups in total. The van der Waals surface area contributed by atoms with Crippen molar-refractivity contribution in [2.24, 2.45) is 0 Å². The Bertz CT molecular complexity index is 1350. The summed E-state index contributed by atoms with van der Waals surface area (Å²) in [6, 6.07) is 0. The molecule has 0 saturated heterocycles. The molecule has 6 nitrogen and oxygen atoms in total. The first-order chi connectivity index (χ1) is 40.0. The summed E-state index contributed by atoms with van der Waals surface area (Å²) < 4.78 is 17.0. The van der Waals surface area contributed by atoms with Crippen molar-refractivity contribution in [3.63, 3.8) is 0 Å². The lowest BCUT2D eigenvalue weighted by atomic mass is 10.0. The average Bonchev–Trinajstić information content (AvgIpc) is 3.47. The zero-order valence-corrected chi connectivity index (χ0v) is 54.8. The summed E-state index contributed by atoms with van der Waals surface area (Å²) in [4.78, 5) is 38.4. The van der Waals surface area contributed by atoms with Gasteiger partial charge < -0.3 is 14.2 Å². The lowest BCUT2D eigenvalue weighted by Crippen LogP contribution is -2.30. The molecule has 81 heavy (non-hydrogen) atoms. The van der Waals surface area contributed by atoms with Crippen molar-refractivity contribution in [1.82, 2.24) is 0 Å². The average molecular weight is 1140 g/mol. The van der Waals surface area contributed by atoms with Crippen LogP contribution < -0.4 is 0 Å². The van der Waals surface area contributed by atoms with Crippen molar-refractivity contribution in [1.29, 1.82) is 0 Å². The Morgan fingerprint density at radius 2 is 0.444 bits per heavy atom. The number of ether oxygens (including phenoxy) is 3. The molecule has 6 heteroatoms. The molecule has 0 heterocycles. The van der Waals surface area contributed by atoms with Crippen LogP contribution in [0.2, 0.25) is 0 Å². The van der Waals surface area contributed by atoms with Crippen LogP contribution in [-0.2, 0) is 28.6 Å². The first-order valence-electron chi connectivity index (χ1n) is 36.5. The normalized spacial score (nSPS) is 12.2. The molecule has 0 aromatic carbocycles. The molecule has 0 aliphatic carbocycles. The molecule has 0 aliphatic heterocycles. The van der Waals surface area contributed by atoms with E-state index in [0.29, 0.717) is 19.3 Å². The zero-order valence-electron chi connectivity index (χ0n) is 54.8. The fourth-order valence-corrected chi connectivity index (χ4v) is 11.2. The summed E-state index contributed by atoms with van der Waals surface area (Å²) in [5.74, 6) is -0.849. The Balaban J connectivity index is 4.15. The van der Waals surface area contributed by atoms with E-state index >= 15 is 0 Å². The minimum atomic E-state index is -0.774. The van der Waals surface area contributed by atoms with Gasteiger partial charge in [-0.2, -0.15) is 0 Å². The Morgan fingerprint density at radius 3 is 0.691 bits per heavy atom. The van der Waals surface area contributed by atoms with E-state index in [1.165, 1.54) is 289 Å². The highest BCUT2D eigenvalue weighted by molar-refractivity contribution is 5.71. The maximum absolute atomic E-state index is 12.9. The number of unbranched alkanes of at least 4 members (excludes halogenated alkanes) is 51. The molecule has 0 aromatic rings. The van der Waals surface area contributed by atoms with Crippen LogP contribution in [0.15, 0.2) is 36.5 Å². The van der Waals surface area contributed by atoms with Gasteiger partial charge in [-0.1, -0.05) is 365 Å². The smallest absolute Gasteiger partial charge is 0.306 e. The first-order valence-corrected chi connectivity index (χ1v) is 36.5. The van der Waals surface area contributed by atoms with E-state index in [-0.39, 0.29) is 31.1 Å². The third-order valence-electron chi connectivity index (χ3n) is 16.6. The summed E-state index contributed by atoms with van der Waals surface area (Å²) in [5, 5.41) is 0. The molecule has 1 atom stereocenters. The van der Waals surface area contributed by atoms with Gasteiger partial charge in [0.2, 0.25) is 0 Å². The quantitative estimate of drug-likeness (QED) is 0.0261. The zero-order chi connectivity index (χ0) is 58.5. The van der Waals surface area contributed by atoms with Crippen LogP contribution >= 0.6 is 0 Å². The van der Waals surface area contributed by atoms with Gasteiger partial charge in [0.25, 0.3) is 0 Å². The Morgan fingerprint density at radius 1 is 0.247 bits per heavy atom. The number of hydrogen-bond donors (Lipinski definition) is 0. The van der Waals surface area contributed by atoms with E-state index in [0.717, 1.165) is 77.0 Å². The van der Waals surface area contributed by atoms with Crippen LogP contribution in [0.1, 0.15) is 406 Å². The van der Waals surface area contributed by atoms with Gasteiger partial charge >= 0.3 is 17.9 Å². The molecule has 0 spiro atoms. The van der Waals surface area contributed by atoms with Gasteiger partial charge in [-0.25, -0.2) is 0 Å². The van der Waals surface area contributed by atoms with Gasteiger partial charge in [0.15, 0.2) is 6.10 Å². The predicted molar refractivity (Wildman–Crippen MR) is 353 cm³/mol. The van der Waals surface area contributed by atoms with Gasteiger partial charge in [-0.3, -0.25) is 14.4 Å². The second-order valence-electron chi connectivity index (χ2n) is 24.9. The largest absolute Gasteiger partial charge is 0.462 e. The Hall–Kier alpha value is -2.37. The topological polar surface area (TPSA) is 78.9 Å². The lowest BCUT2D eigenvalue weighted by Gasteiger charge is -2.18. The van der Waals surface area contributed by atoms with Crippen molar-refractivity contribution in [2.75, 3.05) is 13.2 Å². The maximum atomic E-state index is 12.9. The highest BCUT2D eigenvalue weighted by atomic mass is 16.6. The van der Waals surface area contributed by atoms with Crippen LogP contribution in [0.4, 0.5) is 0 Å². The van der Waals surface area contributed by atoms with Gasteiger partial charge in [0.1, 0.15) is 13.2 Å². The maximum Gasteiger partial charge on any atom is 0.306 e. The minimum Gasteiger partial charge on any atom is -0.462 e. The van der Waals surface area contributed by atoms with E-state index in [1.54, 1.807) is 0 Å². The molecule has 0 radical (unpaired) electrons. The Kier molecular flexibility index (Phi) is 68.1. The van der Waals surface area contributed by atoms with Crippen molar-refractivity contribution >= 4 is 17.9 Å². The van der Waals surface area contributed by atoms with E-state index in [4.69, 9.17) is 14.2 Å². The van der Waals surface area contributed by atoms with Crippen molar-refractivity contribution < 1.29 is 28.6 Å². The SMILES string of the molecule is CCCCCCC/C=C\C/C=C\C/C=C\CCCCCCCCCCC(=O)OC(COC(=O)CCCCCCCCCCCCC)COC(=O)CCCCCCCCCCCCCCCCCCCCCCCCCCCCCCC. The van der Waals surface area contributed by atoms with Crippen molar-refractivity contribution in [2.45, 2.75) is 412 Å². The number of allylic oxidation sites excluding steroid dienone is 6. The number of carbonyl (C=O) groups excluding carboxylic acids is 3. The third kappa shape index (κ3) is 68.3. The monoisotopic (exact) mass is 1140 g/mol. The molecule has 0 bridgehead atoms. The third-order valence-corrected chi connectivity index (χ3v) is 16.6. The molecule has 0 rings (SSSR count). The fourth-order valence-electron chi connectivity index (χ4n) is 11.2. The Labute approximate surface area is 506 Å². The van der Waals surface area contributed by atoms with E-state index in [1.807, 2.05) is 0 Å². The fraction of sp³-hybridized carbons (Fsp3) is 0.880. The van der Waals surface area contributed by atoms with Crippen molar-refractivity contribution in [3.05, 3.63) is 36.5 Å². The summed E-state index contributed by atoms with van der Waals surface area (Å²) in [7, 11) is 0. The summed E-state index contributed by atoms with van der Waals surface area (Å²) in [6.07, 6.45) is 87.6. The molecule has 0 saturated carbocycles. The van der Waals surface area contributed by atoms with Gasteiger partial charge in [-0.15, -0.1) is 0 Å². The van der Waals surface area contributed by atoms with Crippen LogP contribution in [0.3, 0.4) is 0 Å². The highest BCUT2D eigenvalue weighted by Crippen LogP contribution is 2.19. The van der Waals surface area contributed by atoms with Gasteiger partial charge in [-0.05, 0) is 57.8 Å². The summed E-state index contributed by atoms with van der Waals surface area (Å²) in [5.41, 5.74) is 0. The van der Waals surface area contributed by atoms with Gasteiger partial charge in [0, 0.05) is 19.3 Å². The molecule has 1 unspecified atom stereocenters. The molecule has 0 amide bonds. The van der Waals surface area contributed by atoms with Crippen molar-refractivity contribution in [3.8, 4) is 0 Å². The van der Waals surface area contributed by atoms with Crippen LogP contribution in [0.5, 0.6) is 0 Å². The lowest BCUT2D eigenvalue weighted by molar-refractivity contribution is -0.167. The minimum absolute atomic E-state index is 0.0695. The van der Waals surface area contributed by atoms with E-state index < -0.39 is 6.10 Å². The molecular weight excluding hydrogens is 997 g/mol. The van der Waals surface area contributed by atoms with E-state index in [2.05, 4.69) is 57.2 Å². The summed E-state index contributed by atoms with van der Waals surface area (Å²) in [6.45, 7) is 6.69. The first kappa shape index (κ1) is 78.6. The molecule has 0 fully saturated rings. The predicted octanol–water partition coefficient (Wildman–Crippen LogP) is 25.1. The number of rotatable bonds is 68. The van der Waals surface area contributed by atoms with Crippen LogP contribution in [0, 0.1) is 0 Å². The number of hydrogen-bond acceptors (Lipinski definition) is 6. The second-order valence-corrected chi connectivity index (χ2v) is 24.9. The molecule has 0 aromatic heterocycles. The molecular formula is C75H140O6. The molecule has 476 valence electrons. The van der Waals surface area contributed by atoms with Gasteiger partial charge in [0.05, 0.1) is 0 Å².